The number of piperidine rings is 1. The van der Waals surface area contributed by atoms with Crippen molar-refractivity contribution in [3.8, 4) is 0 Å². The maximum absolute atomic E-state index is 13.4. The molecule has 0 amide bonds. The maximum atomic E-state index is 13.4. The highest BCUT2D eigenvalue weighted by atomic mass is 79.9. The van der Waals surface area contributed by atoms with Crippen LogP contribution in [0.3, 0.4) is 0 Å². The lowest BCUT2D eigenvalue weighted by molar-refractivity contribution is 0.375. The first-order valence-electron chi connectivity index (χ1n) is 5.51. The molecule has 1 aromatic rings. The summed E-state index contributed by atoms with van der Waals surface area (Å²) in [6.45, 7) is 2.10. The normalized spacial score (nSPS) is 21.1. The Bertz CT molecular complexity index is 378. The van der Waals surface area contributed by atoms with Gasteiger partial charge in [-0.25, -0.2) is 4.39 Å². The highest BCUT2D eigenvalue weighted by Gasteiger charge is 2.16. The van der Waals surface area contributed by atoms with Crippen molar-refractivity contribution >= 4 is 27.5 Å². The number of rotatable bonds is 2. The van der Waals surface area contributed by atoms with Gasteiger partial charge in [0.05, 0.1) is 5.02 Å². The second kappa shape index (κ2) is 5.48. The molecule has 1 aromatic carbocycles. The van der Waals surface area contributed by atoms with Crippen molar-refractivity contribution in [2.24, 2.45) is 5.92 Å². The van der Waals surface area contributed by atoms with Crippen molar-refractivity contribution in [1.29, 1.82) is 0 Å². The van der Waals surface area contributed by atoms with Gasteiger partial charge in [0.1, 0.15) is 5.82 Å². The van der Waals surface area contributed by atoms with Gasteiger partial charge in [-0.3, -0.25) is 0 Å². The average Bonchev–Trinajstić information content (AvgIpc) is 2.27. The molecule has 1 fully saturated rings. The molecule has 2 rings (SSSR count). The molecule has 1 aliphatic heterocycles. The molecule has 0 bridgehead atoms. The average molecular weight is 307 g/mol. The molecule has 0 spiro atoms. The van der Waals surface area contributed by atoms with Crippen molar-refractivity contribution in [3.05, 3.63) is 33.0 Å². The van der Waals surface area contributed by atoms with Crippen molar-refractivity contribution < 1.29 is 4.39 Å². The topological polar surface area (TPSA) is 12.0 Å². The first-order valence-corrected chi connectivity index (χ1v) is 6.68. The van der Waals surface area contributed by atoms with Gasteiger partial charge in [0.2, 0.25) is 0 Å². The lowest BCUT2D eigenvalue weighted by Gasteiger charge is -2.23. The fourth-order valence-electron chi connectivity index (χ4n) is 2.17. The van der Waals surface area contributed by atoms with E-state index in [0.29, 0.717) is 5.92 Å². The molecule has 1 unspecified atom stereocenters. The van der Waals surface area contributed by atoms with E-state index in [1.165, 1.54) is 18.9 Å². The molecular weight excluding hydrogens is 292 g/mol. The van der Waals surface area contributed by atoms with Gasteiger partial charge in [0.15, 0.2) is 0 Å². The molecule has 1 nitrogen and oxygen atoms in total. The van der Waals surface area contributed by atoms with Crippen LogP contribution in [0, 0.1) is 11.7 Å². The van der Waals surface area contributed by atoms with Crippen LogP contribution in [0.2, 0.25) is 5.02 Å². The minimum absolute atomic E-state index is 0.272. The van der Waals surface area contributed by atoms with Crippen LogP contribution in [0.25, 0.3) is 0 Å². The molecule has 0 saturated carbocycles. The van der Waals surface area contributed by atoms with Crippen LogP contribution in [0.4, 0.5) is 4.39 Å². The van der Waals surface area contributed by atoms with Gasteiger partial charge >= 0.3 is 0 Å². The smallest absolute Gasteiger partial charge is 0.143 e. The van der Waals surface area contributed by atoms with Crippen LogP contribution in [0.1, 0.15) is 18.4 Å². The largest absolute Gasteiger partial charge is 0.316 e. The van der Waals surface area contributed by atoms with Crippen molar-refractivity contribution in [1.82, 2.24) is 5.32 Å². The number of hydrogen-bond donors (Lipinski definition) is 1. The molecule has 0 aromatic heterocycles. The van der Waals surface area contributed by atoms with E-state index in [1.807, 2.05) is 6.07 Å². The summed E-state index contributed by atoms with van der Waals surface area (Å²) in [5.41, 5.74) is 0.905. The third-order valence-corrected chi connectivity index (χ3v) is 3.86. The Morgan fingerprint density at radius 2 is 2.31 bits per heavy atom. The lowest BCUT2D eigenvalue weighted by Crippen LogP contribution is -2.30. The zero-order chi connectivity index (χ0) is 11.5. The standard InChI is InChI=1S/C12H14BrClFN/c13-10-5-9(12(14)11(15)6-10)4-8-2-1-3-16-7-8/h5-6,8,16H,1-4,7H2. The third kappa shape index (κ3) is 2.96. The zero-order valence-corrected chi connectivity index (χ0v) is 11.2. The summed E-state index contributed by atoms with van der Waals surface area (Å²) in [4.78, 5) is 0. The number of nitrogens with one attached hydrogen (secondary N) is 1. The summed E-state index contributed by atoms with van der Waals surface area (Å²) in [5, 5.41) is 3.63. The van der Waals surface area contributed by atoms with Gasteiger partial charge in [0.25, 0.3) is 0 Å². The zero-order valence-electron chi connectivity index (χ0n) is 8.90. The van der Waals surface area contributed by atoms with Gasteiger partial charge in [-0.15, -0.1) is 0 Å². The molecule has 1 N–H and O–H groups in total. The van der Waals surface area contributed by atoms with Gasteiger partial charge in [-0.2, -0.15) is 0 Å². The second-order valence-corrected chi connectivity index (χ2v) is 5.57. The number of hydrogen-bond acceptors (Lipinski definition) is 1. The quantitative estimate of drug-likeness (QED) is 0.820. The summed E-state index contributed by atoms with van der Waals surface area (Å²) >= 11 is 9.27. The monoisotopic (exact) mass is 305 g/mol. The molecule has 1 aliphatic rings. The van der Waals surface area contributed by atoms with E-state index in [1.54, 1.807) is 0 Å². The third-order valence-electron chi connectivity index (χ3n) is 2.98. The molecule has 16 heavy (non-hydrogen) atoms. The van der Waals surface area contributed by atoms with Crippen LogP contribution >= 0.6 is 27.5 Å². The highest BCUT2D eigenvalue weighted by Crippen LogP contribution is 2.28. The van der Waals surface area contributed by atoms with Crippen LogP contribution in [-0.2, 0) is 6.42 Å². The molecule has 88 valence electrons. The van der Waals surface area contributed by atoms with Crippen molar-refractivity contribution in [2.45, 2.75) is 19.3 Å². The molecular formula is C12H14BrClFN. The first-order chi connectivity index (χ1) is 7.66. The number of halogens is 3. The Labute approximate surface area is 109 Å². The van der Waals surface area contributed by atoms with Crippen molar-refractivity contribution in [3.63, 3.8) is 0 Å². The van der Waals surface area contributed by atoms with Crippen LogP contribution < -0.4 is 5.32 Å². The summed E-state index contributed by atoms with van der Waals surface area (Å²) in [6.07, 6.45) is 3.23. The minimum Gasteiger partial charge on any atom is -0.316 e. The van der Waals surface area contributed by atoms with Gasteiger partial charge in [-0.05, 0) is 56.0 Å². The summed E-state index contributed by atoms with van der Waals surface area (Å²) in [5.74, 6) is 0.231. The summed E-state index contributed by atoms with van der Waals surface area (Å²) in [6, 6.07) is 3.32. The SMILES string of the molecule is Fc1cc(Br)cc(CC2CCCNC2)c1Cl. The Kier molecular flexibility index (Phi) is 4.22. The van der Waals surface area contributed by atoms with Gasteiger partial charge in [0, 0.05) is 4.47 Å². The fourth-order valence-corrected chi connectivity index (χ4v) is 2.83. The Morgan fingerprint density at radius 1 is 1.50 bits per heavy atom. The van der Waals surface area contributed by atoms with E-state index in [9.17, 15) is 4.39 Å². The van der Waals surface area contributed by atoms with E-state index in [-0.39, 0.29) is 10.8 Å². The Balaban J connectivity index is 2.13. The summed E-state index contributed by atoms with van der Waals surface area (Å²) in [7, 11) is 0. The molecule has 1 heterocycles. The lowest BCUT2D eigenvalue weighted by atomic mass is 9.92. The van der Waals surface area contributed by atoms with Crippen LogP contribution in [-0.4, -0.2) is 13.1 Å². The number of benzene rings is 1. The van der Waals surface area contributed by atoms with Crippen LogP contribution in [0.5, 0.6) is 0 Å². The van der Waals surface area contributed by atoms with Crippen LogP contribution in [0.15, 0.2) is 16.6 Å². The minimum atomic E-state index is -0.338. The molecule has 1 saturated heterocycles. The predicted molar refractivity (Wildman–Crippen MR) is 68.4 cm³/mol. The van der Waals surface area contributed by atoms with Gasteiger partial charge < -0.3 is 5.32 Å². The second-order valence-electron chi connectivity index (χ2n) is 4.28. The molecule has 4 heteroatoms. The Hall–Kier alpha value is -0.120. The maximum Gasteiger partial charge on any atom is 0.143 e. The molecule has 0 aliphatic carbocycles. The van der Waals surface area contributed by atoms with Crippen molar-refractivity contribution in [2.75, 3.05) is 13.1 Å². The summed E-state index contributed by atoms with van der Waals surface area (Å²) < 4.78 is 14.2. The first kappa shape index (κ1) is 12.3. The molecule has 0 radical (unpaired) electrons. The highest BCUT2D eigenvalue weighted by molar-refractivity contribution is 9.10. The van der Waals surface area contributed by atoms with E-state index >= 15 is 0 Å². The fraction of sp³-hybridized carbons (Fsp3) is 0.500. The molecule has 1 atom stereocenters. The van der Waals surface area contributed by atoms with E-state index in [2.05, 4.69) is 21.2 Å². The van der Waals surface area contributed by atoms with E-state index in [4.69, 9.17) is 11.6 Å². The van der Waals surface area contributed by atoms with E-state index < -0.39 is 0 Å². The Morgan fingerprint density at radius 3 is 3.00 bits per heavy atom. The van der Waals surface area contributed by atoms with Gasteiger partial charge in [-0.1, -0.05) is 27.5 Å². The van der Waals surface area contributed by atoms with E-state index in [0.717, 1.165) is 29.5 Å². The predicted octanol–water partition coefficient (Wildman–Crippen LogP) is 3.78.